The Balaban J connectivity index is 2.68. The molecule has 0 unspecified atom stereocenters. The number of hydrogen-bond acceptors (Lipinski definition) is 4. The number of carbonyl (C=O) groups excluding carboxylic acids is 1. The second kappa shape index (κ2) is 7.06. The van der Waals surface area contributed by atoms with Gasteiger partial charge in [-0.2, -0.15) is 5.26 Å². The maximum atomic E-state index is 11.4. The standard InChI is InChI=1S/C12H14IN3O2/c1-2-3-16-11(17)7-18-12-9(13)4-8(6-14)5-10(12)15/h4-5H,2-3,7,15H2,1H3,(H,16,17). The van der Waals surface area contributed by atoms with Gasteiger partial charge in [0.1, 0.15) is 0 Å². The first-order valence-corrected chi connectivity index (χ1v) is 6.55. The molecule has 3 N–H and O–H groups in total. The molecule has 6 heteroatoms. The third-order valence-electron chi connectivity index (χ3n) is 2.12. The Morgan fingerprint density at radius 1 is 1.61 bits per heavy atom. The molecule has 0 aliphatic rings. The Bertz CT molecular complexity index is 460. The van der Waals surface area contributed by atoms with E-state index in [1.807, 2.05) is 35.6 Å². The summed E-state index contributed by atoms with van der Waals surface area (Å²) in [5.41, 5.74) is 6.61. The monoisotopic (exact) mass is 359 g/mol. The molecule has 5 nitrogen and oxygen atoms in total. The molecule has 0 fully saturated rings. The van der Waals surface area contributed by atoms with Gasteiger partial charge in [0.25, 0.3) is 5.91 Å². The lowest BCUT2D eigenvalue weighted by atomic mass is 10.2. The second-order valence-corrected chi connectivity index (χ2v) is 4.79. The van der Waals surface area contributed by atoms with Crippen molar-refractivity contribution in [1.29, 1.82) is 5.26 Å². The first-order chi connectivity index (χ1) is 8.58. The summed E-state index contributed by atoms with van der Waals surface area (Å²) in [6.07, 6.45) is 0.877. The van der Waals surface area contributed by atoms with Gasteiger partial charge in [-0.15, -0.1) is 0 Å². The van der Waals surface area contributed by atoms with Crippen LogP contribution < -0.4 is 15.8 Å². The minimum absolute atomic E-state index is 0.0773. The molecule has 0 aromatic heterocycles. The van der Waals surface area contributed by atoms with Crippen LogP contribution in [0.25, 0.3) is 0 Å². The number of hydrogen-bond donors (Lipinski definition) is 2. The molecule has 1 aromatic carbocycles. The topological polar surface area (TPSA) is 88.1 Å². The number of halogens is 1. The number of amides is 1. The predicted octanol–water partition coefficient (Wildman–Crippen LogP) is 1.65. The quantitative estimate of drug-likeness (QED) is 0.618. The van der Waals surface area contributed by atoms with Gasteiger partial charge in [0.15, 0.2) is 12.4 Å². The molecule has 0 saturated heterocycles. The van der Waals surface area contributed by atoms with Crippen molar-refractivity contribution in [2.45, 2.75) is 13.3 Å². The van der Waals surface area contributed by atoms with Gasteiger partial charge in [-0.05, 0) is 41.1 Å². The highest BCUT2D eigenvalue weighted by Crippen LogP contribution is 2.29. The molecule has 96 valence electrons. The van der Waals surface area contributed by atoms with Crippen molar-refractivity contribution in [2.75, 3.05) is 18.9 Å². The Morgan fingerprint density at radius 2 is 2.33 bits per heavy atom. The van der Waals surface area contributed by atoms with E-state index < -0.39 is 0 Å². The van der Waals surface area contributed by atoms with Crippen molar-refractivity contribution < 1.29 is 9.53 Å². The molecule has 0 radical (unpaired) electrons. The van der Waals surface area contributed by atoms with E-state index in [1.54, 1.807) is 6.07 Å². The molecule has 1 aromatic rings. The third kappa shape index (κ3) is 4.07. The van der Waals surface area contributed by atoms with Gasteiger partial charge < -0.3 is 15.8 Å². The molecule has 0 atom stereocenters. The van der Waals surface area contributed by atoms with E-state index in [0.29, 0.717) is 27.1 Å². The summed E-state index contributed by atoms with van der Waals surface area (Å²) in [6, 6.07) is 5.20. The van der Waals surface area contributed by atoms with Crippen molar-refractivity contribution in [3.63, 3.8) is 0 Å². The number of anilines is 1. The number of ether oxygens (including phenoxy) is 1. The summed E-state index contributed by atoms with van der Waals surface area (Å²) in [5.74, 6) is 0.262. The number of rotatable bonds is 5. The van der Waals surface area contributed by atoms with Crippen molar-refractivity contribution in [3.05, 3.63) is 21.3 Å². The minimum Gasteiger partial charge on any atom is -0.480 e. The second-order valence-electron chi connectivity index (χ2n) is 3.63. The zero-order chi connectivity index (χ0) is 13.5. The summed E-state index contributed by atoms with van der Waals surface area (Å²) >= 11 is 2.02. The van der Waals surface area contributed by atoms with Crippen LogP contribution >= 0.6 is 22.6 Å². The number of nitriles is 1. The Labute approximate surface area is 119 Å². The fourth-order valence-corrected chi connectivity index (χ4v) is 2.09. The van der Waals surface area contributed by atoms with Gasteiger partial charge in [0.05, 0.1) is 20.9 Å². The van der Waals surface area contributed by atoms with E-state index in [2.05, 4.69) is 5.32 Å². The van der Waals surface area contributed by atoms with E-state index in [9.17, 15) is 4.79 Å². The van der Waals surface area contributed by atoms with Crippen LogP contribution in [0, 0.1) is 14.9 Å². The number of nitrogens with zero attached hydrogens (tertiary/aromatic N) is 1. The summed E-state index contributed by atoms with van der Waals surface area (Å²) in [6.45, 7) is 2.52. The normalized spacial score (nSPS) is 9.61. The SMILES string of the molecule is CCCNC(=O)COc1c(N)cc(C#N)cc1I. The van der Waals surface area contributed by atoms with E-state index in [1.165, 1.54) is 6.07 Å². The molecule has 0 spiro atoms. The number of benzene rings is 1. The third-order valence-corrected chi connectivity index (χ3v) is 2.92. The van der Waals surface area contributed by atoms with Gasteiger partial charge >= 0.3 is 0 Å². The molecule has 1 amide bonds. The highest BCUT2D eigenvalue weighted by Gasteiger charge is 2.10. The summed E-state index contributed by atoms with van der Waals surface area (Å²) < 4.78 is 6.09. The summed E-state index contributed by atoms with van der Waals surface area (Å²) in [5, 5.41) is 11.5. The molecule has 1 rings (SSSR count). The average Bonchev–Trinajstić information content (AvgIpc) is 2.34. The van der Waals surface area contributed by atoms with Crippen LogP contribution in [0.15, 0.2) is 12.1 Å². The van der Waals surface area contributed by atoms with Crippen LogP contribution in [0.4, 0.5) is 5.69 Å². The molecule has 0 aliphatic heterocycles. The maximum absolute atomic E-state index is 11.4. The number of nitrogens with one attached hydrogen (secondary N) is 1. The predicted molar refractivity (Wildman–Crippen MR) is 77.1 cm³/mol. The number of carbonyl (C=O) groups is 1. The summed E-state index contributed by atoms with van der Waals surface area (Å²) in [7, 11) is 0. The fraction of sp³-hybridized carbons (Fsp3) is 0.333. The fourth-order valence-electron chi connectivity index (χ4n) is 1.28. The Morgan fingerprint density at radius 3 is 2.89 bits per heavy atom. The van der Waals surface area contributed by atoms with Gasteiger partial charge in [-0.3, -0.25) is 4.79 Å². The lowest BCUT2D eigenvalue weighted by molar-refractivity contribution is -0.123. The minimum atomic E-state index is -0.184. The molecule has 0 saturated carbocycles. The first kappa shape index (κ1) is 14.6. The lowest BCUT2D eigenvalue weighted by Gasteiger charge is -2.11. The molecule has 18 heavy (non-hydrogen) atoms. The van der Waals surface area contributed by atoms with Crippen molar-refractivity contribution in [2.24, 2.45) is 0 Å². The van der Waals surface area contributed by atoms with Crippen molar-refractivity contribution in [3.8, 4) is 11.8 Å². The van der Waals surface area contributed by atoms with Gasteiger partial charge in [0, 0.05) is 6.54 Å². The highest BCUT2D eigenvalue weighted by atomic mass is 127. The van der Waals surface area contributed by atoms with Crippen LogP contribution in [0.2, 0.25) is 0 Å². The van der Waals surface area contributed by atoms with E-state index in [-0.39, 0.29) is 12.5 Å². The number of nitrogen functional groups attached to an aromatic ring is 1. The first-order valence-electron chi connectivity index (χ1n) is 5.47. The van der Waals surface area contributed by atoms with Crippen LogP contribution in [-0.2, 0) is 4.79 Å². The molecular formula is C12H14IN3O2. The molecular weight excluding hydrogens is 345 g/mol. The maximum Gasteiger partial charge on any atom is 0.257 e. The molecule has 0 heterocycles. The van der Waals surface area contributed by atoms with Crippen molar-refractivity contribution >= 4 is 34.2 Å². The van der Waals surface area contributed by atoms with Gasteiger partial charge in [0.2, 0.25) is 0 Å². The van der Waals surface area contributed by atoms with E-state index >= 15 is 0 Å². The molecule has 0 bridgehead atoms. The van der Waals surface area contributed by atoms with Crippen LogP contribution in [-0.4, -0.2) is 19.1 Å². The number of nitrogens with two attached hydrogens (primary N) is 1. The zero-order valence-electron chi connectivity index (χ0n) is 10.00. The zero-order valence-corrected chi connectivity index (χ0v) is 12.2. The van der Waals surface area contributed by atoms with E-state index in [0.717, 1.165) is 6.42 Å². The largest absolute Gasteiger partial charge is 0.480 e. The van der Waals surface area contributed by atoms with Crippen LogP contribution in [0.5, 0.6) is 5.75 Å². The molecule has 0 aliphatic carbocycles. The van der Waals surface area contributed by atoms with Crippen LogP contribution in [0.3, 0.4) is 0 Å². The van der Waals surface area contributed by atoms with E-state index in [4.69, 9.17) is 15.7 Å². The average molecular weight is 359 g/mol. The Kier molecular flexibility index (Phi) is 5.71. The Hall–Kier alpha value is -1.49. The van der Waals surface area contributed by atoms with Gasteiger partial charge in [-0.25, -0.2) is 0 Å². The van der Waals surface area contributed by atoms with Gasteiger partial charge in [-0.1, -0.05) is 6.92 Å². The van der Waals surface area contributed by atoms with Crippen molar-refractivity contribution in [1.82, 2.24) is 5.32 Å². The summed E-state index contributed by atoms with van der Waals surface area (Å²) in [4.78, 5) is 11.4. The van der Waals surface area contributed by atoms with Crippen LogP contribution in [0.1, 0.15) is 18.9 Å². The smallest absolute Gasteiger partial charge is 0.257 e. The highest BCUT2D eigenvalue weighted by molar-refractivity contribution is 14.1. The lowest BCUT2D eigenvalue weighted by Crippen LogP contribution is -2.29.